The fourth-order valence-electron chi connectivity index (χ4n) is 2.05. The molecule has 0 aliphatic heterocycles. The molecule has 1 aromatic rings. The van der Waals surface area contributed by atoms with Gasteiger partial charge in [-0.2, -0.15) is 11.8 Å². The molecule has 0 spiro atoms. The van der Waals surface area contributed by atoms with Crippen LogP contribution in [0.25, 0.3) is 0 Å². The Kier molecular flexibility index (Phi) is 14.2. The van der Waals surface area contributed by atoms with E-state index in [0.29, 0.717) is 6.54 Å². The third-order valence-electron chi connectivity index (χ3n) is 3.31. The number of aliphatic hydroxyl groups excluding tert-OH is 1. The lowest BCUT2D eigenvalue weighted by atomic mass is 10.1. The van der Waals surface area contributed by atoms with Crippen LogP contribution in [0.15, 0.2) is 29.3 Å². The molecule has 7 heteroatoms. The van der Waals surface area contributed by atoms with Gasteiger partial charge in [0.05, 0.1) is 19.8 Å². The summed E-state index contributed by atoms with van der Waals surface area (Å²) in [6.07, 6.45) is 3.79. The van der Waals surface area contributed by atoms with E-state index in [1.807, 2.05) is 43.0 Å². The van der Waals surface area contributed by atoms with Gasteiger partial charge in [-0.05, 0) is 49.5 Å². The van der Waals surface area contributed by atoms with Gasteiger partial charge in [0.25, 0.3) is 0 Å². The standard InChI is InChI=1S/C17H29N3O2S.HI/c1-4-18-17(19-10-5-6-11-23-3)20-13-16(21)14-8-7-9-15(12-14)22-2;/h7-9,12,16,21H,4-6,10-11,13H2,1-3H3,(H2,18,19,20);1H. The molecule has 0 amide bonds. The van der Waals surface area contributed by atoms with E-state index in [4.69, 9.17) is 4.74 Å². The van der Waals surface area contributed by atoms with Crippen molar-refractivity contribution in [2.24, 2.45) is 4.99 Å². The Morgan fingerprint density at radius 3 is 2.79 bits per heavy atom. The monoisotopic (exact) mass is 467 g/mol. The van der Waals surface area contributed by atoms with Crippen LogP contribution in [-0.2, 0) is 0 Å². The molecule has 1 unspecified atom stereocenters. The molecule has 0 aliphatic rings. The Morgan fingerprint density at radius 1 is 1.33 bits per heavy atom. The SMILES string of the molecule is CCNC(=NCC(O)c1cccc(OC)c1)NCCCCSC.I. The lowest BCUT2D eigenvalue weighted by Gasteiger charge is -2.13. The van der Waals surface area contributed by atoms with Crippen LogP contribution >= 0.6 is 35.7 Å². The van der Waals surface area contributed by atoms with Crippen molar-refractivity contribution < 1.29 is 9.84 Å². The van der Waals surface area contributed by atoms with Gasteiger partial charge >= 0.3 is 0 Å². The van der Waals surface area contributed by atoms with Crippen LogP contribution in [0.4, 0.5) is 0 Å². The van der Waals surface area contributed by atoms with Gasteiger partial charge in [-0.15, -0.1) is 24.0 Å². The molecule has 0 heterocycles. The number of methoxy groups -OCH3 is 1. The fourth-order valence-corrected chi connectivity index (χ4v) is 2.54. The molecule has 0 radical (unpaired) electrons. The summed E-state index contributed by atoms with van der Waals surface area (Å²) in [5, 5.41) is 16.8. The van der Waals surface area contributed by atoms with E-state index in [-0.39, 0.29) is 24.0 Å². The van der Waals surface area contributed by atoms with Crippen LogP contribution in [0.1, 0.15) is 31.4 Å². The minimum atomic E-state index is -0.642. The number of hydrogen-bond donors (Lipinski definition) is 3. The number of nitrogens with one attached hydrogen (secondary N) is 2. The Labute approximate surface area is 167 Å². The second kappa shape index (κ2) is 14.7. The van der Waals surface area contributed by atoms with Crippen molar-refractivity contribution in [3.05, 3.63) is 29.8 Å². The van der Waals surface area contributed by atoms with E-state index in [1.54, 1.807) is 7.11 Å². The Bertz CT molecular complexity index is 475. The molecular formula is C17H30IN3O2S. The number of rotatable bonds is 10. The predicted octanol–water partition coefficient (Wildman–Crippen LogP) is 3.04. The maximum atomic E-state index is 10.3. The zero-order valence-electron chi connectivity index (χ0n) is 14.7. The summed E-state index contributed by atoms with van der Waals surface area (Å²) in [4.78, 5) is 4.46. The molecule has 0 fully saturated rings. The second-order valence-corrected chi connectivity index (χ2v) is 6.12. The van der Waals surface area contributed by atoms with E-state index in [9.17, 15) is 5.11 Å². The summed E-state index contributed by atoms with van der Waals surface area (Å²) in [6, 6.07) is 7.45. The average Bonchev–Trinajstić information content (AvgIpc) is 2.59. The highest BCUT2D eigenvalue weighted by molar-refractivity contribution is 14.0. The van der Waals surface area contributed by atoms with Crippen molar-refractivity contribution in [3.8, 4) is 5.75 Å². The Hall–Kier alpha value is -0.670. The minimum absolute atomic E-state index is 0. The number of hydrogen-bond acceptors (Lipinski definition) is 4. The lowest BCUT2D eigenvalue weighted by Crippen LogP contribution is -2.38. The minimum Gasteiger partial charge on any atom is -0.497 e. The van der Waals surface area contributed by atoms with Crippen molar-refractivity contribution >= 4 is 41.7 Å². The van der Waals surface area contributed by atoms with Crippen molar-refractivity contribution in [1.82, 2.24) is 10.6 Å². The highest BCUT2D eigenvalue weighted by atomic mass is 127. The van der Waals surface area contributed by atoms with E-state index >= 15 is 0 Å². The zero-order chi connectivity index (χ0) is 16.9. The van der Waals surface area contributed by atoms with E-state index in [1.165, 1.54) is 12.2 Å². The Morgan fingerprint density at radius 2 is 2.12 bits per heavy atom. The van der Waals surface area contributed by atoms with Gasteiger partial charge in [0, 0.05) is 13.1 Å². The maximum Gasteiger partial charge on any atom is 0.191 e. The number of unbranched alkanes of at least 4 members (excludes halogenated alkanes) is 1. The smallest absolute Gasteiger partial charge is 0.191 e. The molecule has 0 aliphatic carbocycles. The molecule has 3 N–H and O–H groups in total. The number of halogens is 1. The second-order valence-electron chi connectivity index (χ2n) is 5.14. The summed E-state index contributed by atoms with van der Waals surface area (Å²) in [6.45, 7) is 4.03. The van der Waals surface area contributed by atoms with Crippen molar-refractivity contribution in [3.63, 3.8) is 0 Å². The molecule has 1 atom stereocenters. The van der Waals surface area contributed by atoms with Crippen molar-refractivity contribution in [2.75, 3.05) is 38.8 Å². The quantitative estimate of drug-likeness (QED) is 0.214. The predicted molar refractivity (Wildman–Crippen MR) is 115 cm³/mol. The van der Waals surface area contributed by atoms with Crippen LogP contribution in [0.3, 0.4) is 0 Å². The fraction of sp³-hybridized carbons (Fsp3) is 0.588. The van der Waals surface area contributed by atoms with Crippen LogP contribution in [0.5, 0.6) is 5.75 Å². The van der Waals surface area contributed by atoms with Crippen molar-refractivity contribution in [2.45, 2.75) is 25.9 Å². The van der Waals surface area contributed by atoms with Crippen LogP contribution in [0.2, 0.25) is 0 Å². The highest BCUT2D eigenvalue weighted by Gasteiger charge is 2.08. The molecule has 1 rings (SSSR count). The topological polar surface area (TPSA) is 65.9 Å². The van der Waals surface area contributed by atoms with Gasteiger partial charge < -0.3 is 20.5 Å². The highest BCUT2D eigenvalue weighted by Crippen LogP contribution is 2.19. The maximum absolute atomic E-state index is 10.3. The van der Waals surface area contributed by atoms with Gasteiger partial charge in [0.15, 0.2) is 5.96 Å². The first-order chi connectivity index (χ1) is 11.2. The first-order valence-corrected chi connectivity index (χ1v) is 9.43. The molecule has 0 bridgehead atoms. The summed E-state index contributed by atoms with van der Waals surface area (Å²) in [5.41, 5.74) is 0.809. The third kappa shape index (κ3) is 9.58. The molecule has 5 nitrogen and oxygen atoms in total. The summed E-state index contributed by atoms with van der Waals surface area (Å²) < 4.78 is 5.18. The van der Waals surface area contributed by atoms with Crippen LogP contribution in [-0.4, -0.2) is 49.8 Å². The van der Waals surface area contributed by atoms with E-state index < -0.39 is 6.10 Å². The molecule has 0 saturated heterocycles. The average molecular weight is 467 g/mol. The van der Waals surface area contributed by atoms with Crippen LogP contribution < -0.4 is 15.4 Å². The van der Waals surface area contributed by atoms with Gasteiger partial charge in [-0.3, -0.25) is 4.99 Å². The first-order valence-electron chi connectivity index (χ1n) is 8.04. The number of nitrogens with zero attached hydrogens (tertiary/aromatic N) is 1. The zero-order valence-corrected chi connectivity index (χ0v) is 17.9. The van der Waals surface area contributed by atoms with Gasteiger partial charge in [-0.1, -0.05) is 12.1 Å². The summed E-state index contributed by atoms with van der Waals surface area (Å²) in [5.74, 6) is 2.67. The largest absolute Gasteiger partial charge is 0.497 e. The molecule has 0 saturated carbocycles. The molecule has 1 aromatic carbocycles. The molecular weight excluding hydrogens is 437 g/mol. The van der Waals surface area contributed by atoms with E-state index in [0.717, 1.165) is 36.8 Å². The third-order valence-corrected chi connectivity index (χ3v) is 4.01. The van der Waals surface area contributed by atoms with Crippen molar-refractivity contribution in [1.29, 1.82) is 0 Å². The lowest BCUT2D eigenvalue weighted by molar-refractivity contribution is 0.186. The molecule has 24 heavy (non-hydrogen) atoms. The first kappa shape index (κ1) is 23.3. The summed E-state index contributed by atoms with van der Waals surface area (Å²) >= 11 is 1.87. The number of thioether (sulfide) groups is 1. The van der Waals surface area contributed by atoms with Gasteiger partial charge in [0.1, 0.15) is 5.75 Å². The number of guanidine groups is 1. The molecule has 0 aromatic heterocycles. The number of aliphatic hydroxyl groups is 1. The van der Waals surface area contributed by atoms with E-state index in [2.05, 4.69) is 21.9 Å². The Balaban J connectivity index is 0.00000529. The van der Waals surface area contributed by atoms with Gasteiger partial charge in [-0.25, -0.2) is 0 Å². The molecule has 138 valence electrons. The normalized spacial score (nSPS) is 12.2. The summed E-state index contributed by atoms with van der Waals surface area (Å²) in [7, 11) is 1.62. The number of ether oxygens (including phenoxy) is 1. The number of aliphatic imine (C=N–C) groups is 1. The number of benzene rings is 1. The van der Waals surface area contributed by atoms with Gasteiger partial charge in [0.2, 0.25) is 0 Å². The van der Waals surface area contributed by atoms with Crippen LogP contribution in [0, 0.1) is 0 Å².